The molecule has 96 valence electrons. The smallest absolute Gasteiger partial charge is 0.107 e. The van der Waals surface area contributed by atoms with Crippen molar-refractivity contribution in [3.8, 4) is 11.3 Å². The molecule has 0 bridgehead atoms. The zero-order chi connectivity index (χ0) is 13.5. The molecule has 2 aromatic carbocycles. The van der Waals surface area contributed by atoms with E-state index in [0.717, 1.165) is 37.5 Å². The molecule has 1 N–H and O–H groups in total. The van der Waals surface area contributed by atoms with E-state index in [2.05, 4.69) is 55.4 Å². The lowest BCUT2D eigenvalue weighted by atomic mass is 10.1. The Bertz CT molecular complexity index is 927. The number of pyridine rings is 1. The van der Waals surface area contributed by atoms with E-state index >= 15 is 0 Å². The fourth-order valence-electron chi connectivity index (χ4n) is 2.45. The van der Waals surface area contributed by atoms with Crippen molar-refractivity contribution in [3.05, 3.63) is 59.2 Å². The highest BCUT2D eigenvalue weighted by Crippen LogP contribution is 2.31. The number of nitrogens with one attached hydrogen (secondary N) is 1. The van der Waals surface area contributed by atoms with Crippen LogP contribution in [0.4, 0.5) is 0 Å². The van der Waals surface area contributed by atoms with Crippen molar-refractivity contribution >= 4 is 37.7 Å². The number of para-hydroxylation sites is 1. The van der Waals surface area contributed by atoms with Gasteiger partial charge in [0.1, 0.15) is 5.52 Å². The highest BCUT2D eigenvalue weighted by Gasteiger charge is 2.10. The lowest BCUT2D eigenvalue weighted by Crippen LogP contribution is -1.82. The summed E-state index contributed by atoms with van der Waals surface area (Å²) in [6.07, 6.45) is 1.81. The second-order valence-corrected chi connectivity index (χ2v) is 5.50. The van der Waals surface area contributed by atoms with E-state index in [-0.39, 0.29) is 0 Å². The third kappa shape index (κ3) is 1.72. The van der Waals surface area contributed by atoms with Crippen molar-refractivity contribution in [1.29, 1.82) is 0 Å². The van der Waals surface area contributed by atoms with Crippen molar-refractivity contribution in [1.82, 2.24) is 15.2 Å². The normalized spacial score (nSPS) is 11.2. The zero-order valence-corrected chi connectivity index (χ0v) is 12.1. The summed E-state index contributed by atoms with van der Waals surface area (Å²) in [4.78, 5) is 4.35. The van der Waals surface area contributed by atoms with E-state index in [9.17, 15) is 0 Å². The maximum atomic E-state index is 4.39. The van der Waals surface area contributed by atoms with Crippen LogP contribution < -0.4 is 0 Å². The number of benzene rings is 2. The molecule has 0 spiro atoms. The molecule has 0 radical (unpaired) electrons. The van der Waals surface area contributed by atoms with E-state index < -0.39 is 0 Å². The lowest BCUT2D eigenvalue weighted by Gasteiger charge is -2.02. The first-order valence-corrected chi connectivity index (χ1v) is 7.10. The lowest BCUT2D eigenvalue weighted by molar-refractivity contribution is 1.12. The van der Waals surface area contributed by atoms with Crippen LogP contribution in [0.3, 0.4) is 0 Å². The Morgan fingerprint density at radius 3 is 2.90 bits per heavy atom. The minimum absolute atomic E-state index is 0.953. The van der Waals surface area contributed by atoms with Crippen LogP contribution in [0.2, 0.25) is 0 Å². The average Bonchev–Trinajstić information content (AvgIpc) is 2.92. The number of aromatic amines is 1. The molecule has 4 rings (SSSR count). The summed E-state index contributed by atoms with van der Waals surface area (Å²) in [5.74, 6) is 0. The average molecular weight is 324 g/mol. The largest absolute Gasteiger partial charge is 0.277 e. The molecule has 20 heavy (non-hydrogen) atoms. The SMILES string of the molecule is Brc1cccc2c(-c3ccc4ncccc4c3)[nH]nc12. The van der Waals surface area contributed by atoms with Crippen molar-refractivity contribution in [2.45, 2.75) is 0 Å². The van der Waals surface area contributed by atoms with Crippen molar-refractivity contribution in [2.24, 2.45) is 0 Å². The summed E-state index contributed by atoms with van der Waals surface area (Å²) in [5.41, 5.74) is 4.10. The Morgan fingerprint density at radius 2 is 1.95 bits per heavy atom. The Kier molecular flexibility index (Phi) is 2.57. The van der Waals surface area contributed by atoms with Gasteiger partial charge in [-0.3, -0.25) is 10.1 Å². The number of hydrogen-bond acceptors (Lipinski definition) is 2. The molecule has 0 saturated carbocycles. The minimum Gasteiger partial charge on any atom is -0.277 e. The van der Waals surface area contributed by atoms with Crippen LogP contribution in [-0.2, 0) is 0 Å². The highest BCUT2D eigenvalue weighted by atomic mass is 79.9. The van der Waals surface area contributed by atoms with E-state index in [4.69, 9.17) is 0 Å². The molecule has 4 heteroatoms. The van der Waals surface area contributed by atoms with Gasteiger partial charge in [0.15, 0.2) is 0 Å². The molecule has 2 aromatic heterocycles. The summed E-state index contributed by atoms with van der Waals surface area (Å²) in [5, 5.41) is 9.76. The number of hydrogen-bond donors (Lipinski definition) is 1. The van der Waals surface area contributed by atoms with Crippen LogP contribution in [0.5, 0.6) is 0 Å². The van der Waals surface area contributed by atoms with Crippen LogP contribution in [0.25, 0.3) is 33.1 Å². The van der Waals surface area contributed by atoms with Gasteiger partial charge in [-0.25, -0.2) is 0 Å². The number of nitrogens with zero attached hydrogens (tertiary/aromatic N) is 2. The predicted octanol–water partition coefficient (Wildman–Crippen LogP) is 4.54. The third-order valence-electron chi connectivity index (χ3n) is 3.43. The highest BCUT2D eigenvalue weighted by molar-refractivity contribution is 9.10. The van der Waals surface area contributed by atoms with Gasteiger partial charge < -0.3 is 0 Å². The molecule has 0 amide bonds. The standard InChI is InChI=1S/C16H10BrN3/c17-13-5-1-4-12-15(19-20-16(12)13)11-6-7-14-10(9-11)3-2-8-18-14/h1-9H,(H,19,20). The number of H-pyrrole nitrogens is 1. The summed E-state index contributed by atoms with van der Waals surface area (Å²) in [6, 6.07) is 16.4. The van der Waals surface area contributed by atoms with E-state index in [1.807, 2.05) is 30.5 Å². The Labute approximate surface area is 123 Å². The summed E-state index contributed by atoms with van der Waals surface area (Å²) in [7, 11) is 0. The molecule has 0 aliphatic rings. The fraction of sp³-hybridized carbons (Fsp3) is 0. The first kappa shape index (κ1) is 11.6. The zero-order valence-electron chi connectivity index (χ0n) is 10.5. The predicted molar refractivity (Wildman–Crippen MR) is 84.5 cm³/mol. The van der Waals surface area contributed by atoms with Gasteiger partial charge in [-0.05, 0) is 40.2 Å². The van der Waals surface area contributed by atoms with Gasteiger partial charge in [-0.15, -0.1) is 0 Å². The molecule has 4 aromatic rings. The summed E-state index contributed by atoms with van der Waals surface area (Å²) < 4.78 is 1.000. The molecule has 0 aliphatic carbocycles. The van der Waals surface area contributed by atoms with E-state index in [0.29, 0.717) is 0 Å². The van der Waals surface area contributed by atoms with Gasteiger partial charge in [0.05, 0.1) is 11.2 Å². The molecule has 2 heterocycles. The van der Waals surface area contributed by atoms with E-state index in [1.165, 1.54) is 0 Å². The van der Waals surface area contributed by atoms with E-state index in [1.54, 1.807) is 0 Å². The number of rotatable bonds is 1. The second kappa shape index (κ2) is 4.42. The third-order valence-corrected chi connectivity index (χ3v) is 4.07. The molecule has 0 atom stereocenters. The van der Waals surface area contributed by atoms with Crippen molar-refractivity contribution < 1.29 is 0 Å². The number of fused-ring (bicyclic) bond motifs is 2. The molecular formula is C16H10BrN3. The number of aromatic nitrogens is 3. The maximum Gasteiger partial charge on any atom is 0.107 e. The van der Waals surface area contributed by atoms with Crippen molar-refractivity contribution in [3.63, 3.8) is 0 Å². The summed E-state index contributed by atoms with van der Waals surface area (Å²) in [6.45, 7) is 0. The van der Waals surface area contributed by atoms with Gasteiger partial charge in [-0.2, -0.15) is 5.10 Å². The Balaban J connectivity index is 1.99. The van der Waals surface area contributed by atoms with Crippen LogP contribution >= 0.6 is 15.9 Å². The summed E-state index contributed by atoms with van der Waals surface area (Å²) >= 11 is 3.53. The van der Waals surface area contributed by atoms with Gasteiger partial charge >= 0.3 is 0 Å². The molecule has 0 fully saturated rings. The minimum atomic E-state index is 0.953. The fourth-order valence-corrected chi connectivity index (χ4v) is 2.91. The van der Waals surface area contributed by atoms with Crippen LogP contribution in [0.1, 0.15) is 0 Å². The first-order chi connectivity index (χ1) is 9.83. The van der Waals surface area contributed by atoms with Crippen molar-refractivity contribution in [2.75, 3.05) is 0 Å². The van der Waals surface area contributed by atoms with Crippen LogP contribution in [0.15, 0.2) is 59.2 Å². The quantitative estimate of drug-likeness (QED) is 0.558. The first-order valence-electron chi connectivity index (χ1n) is 6.31. The molecule has 3 nitrogen and oxygen atoms in total. The molecule has 0 unspecified atom stereocenters. The van der Waals surface area contributed by atoms with Gasteiger partial charge in [0.2, 0.25) is 0 Å². The monoisotopic (exact) mass is 323 g/mol. The Hall–Kier alpha value is -2.20. The molecule has 0 aliphatic heterocycles. The van der Waals surface area contributed by atoms with Gasteiger partial charge in [0.25, 0.3) is 0 Å². The maximum absolute atomic E-state index is 4.39. The van der Waals surface area contributed by atoms with Gasteiger partial charge in [-0.1, -0.05) is 24.3 Å². The molecule has 0 saturated heterocycles. The van der Waals surface area contributed by atoms with Crippen LogP contribution in [0, 0.1) is 0 Å². The molecular weight excluding hydrogens is 314 g/mol. The van der Waals surface area contributed by atoms with Gasteiger partial charge in [0, 0.05) is 27.0 Å². The Morgan fingerprint density at radius 1 is 1.00 bits per heavy atom. The second-order valence-electron chi connectivity index (χ2n) is 4.65. The topological polar surface area (TPSA) is 41.6 Å². The van der Waals surface area contributed by atoms with Crippen LogP contribution in [-0.4, -0.2) is 15.2 Å². The number of halogens is 1.